The number of hydrogen-bond donors (Lipinski definition) is 0. The Morgan fingerprint density at radius 2 is 0.650 bits per heavy atom. The molecule has 0 saturated heterocycles. The number of hydrogen-bond acceptors (Lipinski definition) is 15. The maximum absolute atomic E-state index is 5.67. The van der Waals surface area contributed by atoms with Crippen LogP contribution in [0.25, 0.3) is 244 Å². The van der Waals surface area contributed by atoms with Crippen molar-refractivity contribution in [2.45, 2.75) is 12.8 Å². The second-order valence-corrected chi connectivity index (χ2v) is 34.2. The minimum absolute atomic E-state index is 0.649. The molecule has 20 heteroatoms. The van der Waals surface area contributed by atoms with Gasteiger partial charge in [-0.25, -0.2) is 29.9 Å². The summed E-state index contributed by atoms with van der Waals surface area (Å²) < 4.78 is 39.5. The number of para-hydroxylation sites is 5. The van der Waals surface area contributed by atoms with E-state index >= 15 is 0 Å². The fraction of sp³-hybridized carbons (Fsp3) is 0.0167. The lowest BCUT2D eigenvalue weighted by molar-refractivity contribution is 0.615. The zero-order valence-corrected chi connectivity index (χ0v) is 74.8. The van der Waals surface area contributed by atoms with Gasteiger partial charge in [-0.3, -0.25) is 33.6 Å². The van der Waals surface area contributed by atoms with Crippen LogP contribution in [0.4, 0.5) is 0 Å². The number of fused-ring (bicyclic) bond motifs is 25. The van der Waals surface area contributed by atoms with Crippen LogP contribution < -0.4 is 0 Å². The van der Waals surface area contributed by atoms with E-state index in [1.165, 1.54) is 76.0 Å². The van der Waals surface area contributed by atoms with E-state index in [9.17, 15) is 0 Å². The lowest BCUT2D eigenvalue weighted by atomic mass is 10.0. The number of benzene rings is 12. The van der Waals surface area contributed by atoms with Crippen molar-refractivity contribution in [1.29, 1.82) is 0 Å². The summed E-state index contributed by atoms with van der Waals surface area (Å²) >= 11 is 0. The number of rotatable bonds is 10. The van der Waals surface area contributed by atoms with Crippen LogP contribution in [0.2, 0.25) is 0 Å². The first kappa shape index (κ1) is 81.4. The molecular weight excluding hydrogens is 1730 g/mol. The standard InChI is InChI=1S/C25H16N2O.C24H15N3O.C24H17N3O.C24H15N3O.C23H14N4O/c1-2-7-23-19(5-1)20-12-13-24-21(14-16-28-24)25(20)27(23)18-10-8-17(9-11-18)22-6-3-4-15-26-22;1-2-8-21-17(6-1)18-10-11-22-19(12-14-28-22)24(18)27(21)23-9-3-7-20(26-23)16-5-4-13-25-15-16;1-2-6-21-18(5-1)19-7-8-22-20(10-13-28-22)24(19)27(21)23-14-16(9-12-26-23)17-4-3-11-25-15-17;1-2-6-16(7-3-1)24-25-14-17(15-26-24)27-21-9-5-4-8-18(21)19-10-11-22-20(23(19)27)12-13-28-22;1-2-6-19-16(5-1)17-7-8-20-18(10-13-28-20)22(17)27(19)21-9-12-25-23(26-21)15-4-3-11-24-14-15/h1-16H;1-15H;1-2,5-15H,3-4H2;1-15H;1-14H. The topological polar surface area (TPSA) is 219 Å². The molecule has 29 aromatic rings. The monoisotopic (exact) mass is 1810 g/mol. The zero-order chi connectivity index (χ0) is 92.5. The van der Waals surface area contributed by atoms with Gasteiger partial charge in [-0.2, -0.15) is 0 Å². The van der Waals surface area contributed by atoms with Crippen molar-refractivity contribution in [3.8, 4) is 74.1 Å². The maximum atomic E-state index is 5.67. The van der Waals surface area contributed by atoms with Crippen molar-refractivity contribution in [1.82, 2.24) is 67.7 Å². The quantitative estimate of drug-likeness (QED) is 0.124. The molecule has 30 rings (SSSR count). The van der Waals surface area contributed by atoms with Crippen molar-refractivity contribution in [2.75, 3.05) is 0 Å². The first-order valence-corrected chi connectivity index (χ1v) is 46.2. The molecule has 0 radical (unpaired) electrons. The molecule has 1 aliphatic heterocycles. The molecule has 0 N–H and O–H groups in total. The molecule has 140 heavy (non-hydrogen) atoms. The number of furan rings is 5. The number of allylic oxidation sites excluding steroid dienone is 1. The Hall–Kier alpha value is -19.3. The summed E-state index contributed by atoms with van der Waals surface area (Å²) in [6, 6.07) is 118. The van der Waals surface area contributed by atoms with Crippen molar-refractivity contribution in [3.05, 3.63) is 445 Å². The molecule has 0 amide bonds. The first-order valence-electron chi connectivity index (χ1n) is 46.2. The van der Waals surface area contributed by atoms with E-state index in [1.807, 2.05) is 195 Å². The lowest BCUT2D eigenvalue weighted by Gasteiger charge is -2.12. The molecule has 0 aliphatic carbocycles. The van der Waals surface area contributed by atoms with Gasteiger partial charge in [-0.1, -0.05) is 146 Å². The Morgan fingerprint density at radius 3 is 1.11 bits per heavy atom. The normalized spacial score (nSPS) is 12.1. The SMILES string of the molecule is C1=NC=C(c2ccnc(-n3c4ccccc4c4ccc5occc5c43)c2)CC1.c1ccc(-c2ccc(-n3c4ccccc4c4ccc5occc5c43)cc2)nc1.c1ccc(-c2ncc(-n3c4ccccc4c4ccc5occc5c43)cn2)cc1.c1cncc(-c2cccc(-n3c4ccccc4c4ccc5occc5c43)n2)c1.c1cncc(-c2nccc(-n3c4ccccc4c4ccc5occc5c43)n2)c1. The minimum atomic E-state index is 0.649. The molecule has 0 spiro atoms. The average Bonchev–Trinajstić information content (AvgIpc) is 1.59. The molecule has 1 aliphatic rings. The minimum Gasteiger partial charge on any atom is -0.464 e. The van der Waals surface area contributed by atoms with Gasteiger partial charge in [0.05, 0.1) is 116 Å². The fourth-order valence-electron chi connectivity index (χ4n) is 20.0. The number of nitrogens with zero attached hydrogens (tertiary/aromatic N) is 15. The largest absolute Gasteiger partial charge is 0.464 e. The van der Waals surface area contributed by atoms with Crippen LogP contribution in [0.3, 0.4) is 0 Å². The van der Waals surface area contributed by atoms with E-state index in [-0.39, 0.29) is 0 Å². The van der Waals surface area contributed by atoms with Gasteiger partial charge < -0.3 is 31.2 Å². The van der Waals surface area contributed by atoms with Crippen LogP contribution in [-0.2, 0) is 0 Å². The van der Waals surface area contributed by atoms with Gasteiger partial charge in [-0.05, 0) is 224 Å². The van der Waals surface area contributed by atoms with Crippen molar-refractivity contribution in [2.24, 2.45) is 4.99 Å². The third-order valence-corrected chi connectivity index (χ3v) is 26.3. The van der Waals surface area contributed by atoms with E-state index in [0.29, 0.717) is 5.82 Å². The second kappa shape index (κ2) is 34.6. The highest BCUT2D eigenvalue weighted by atomic mass is 16.3. The third-order valence-electron chi connectivity index (χ3n) is 26.3. The van der Waals surface area contributed by atoms with Gasteiger partial charge in [0.25, 0.3) is 0 Å². The summed E-state index contributed by atoms with van der Waals surface area (Å²) in [6.45, 7) is 0. The first-order chi connectivity index (χ1) is 69.5. The molecule has 17 aromatic heterocycles. The van der Waals surface area contributed by atoms with Crippen LogP contribution in [0.5, 0.6) is 0 Å². The summed E-state index contributed by atoms with van der Waals surface area (Å²) in [5.41, 5.74) is 26.1. The van der Waals surface area contributed by atoms with E-state index in [2.05, 4.69) is 252 Å². The van der Waals surface area contributed by atoms with E-state index < -0.39 is 0 Å². The van der Waals surface area contributed by atoms with Gasteiger partial charge in [0.1, 0.15) is 45.4 Å². The Labute approximate surface area is 796 Å². The van der Waals surface area contributed by atoms with Gasteiger partial charge in [0, 0.05) is 165 Å². The molecule has 0 unspecified atom stereocenters. The average molecular weight is 1810 g/mol. The van der Waals surface area contributed by atoms with E-state index in [1.54, 1.807) is 56.1 Å². The second-order valence-electron chi connectivity index (χ2n) is 34.2. The summed E-state index contributed by atoms with van der Waals surface area (Å²) in [5.74, 6) is 3.97. The third kappa shape index (κ3) is 14.2. The predicted octanol–water partition coefficient (Wildman–Crippen LogP) is 30.1. The van der Waals surface area contributed by atoms with Gasteiger partial charge >= 0.3 is 0 Å². The Bertz CT molecular complexity index is 9400. The molecule has 662 valence electrons. The highest BCUT2D eigenvalue weighted by molar-refractivity contribution is 6.23. The molecule has 18 heterocycles. The number of aromatic nitrogens is 14. The molecule has 20 nitrogen and oxygen atoms in total. The highest BCUT2D eigenvalue weighted by Gasteiger charge is 2.25. The summed E-state index contributed by atoms with van der Waals surface area (Å²) in [6.07, 6.45) is 31.1. The van der Waals surface area contributed by atoms with Gasteiger partial charge in [-0.15, -0.1) is 0 Å². The van der Waals surface area contributed by atoms with Crippen LogP contribution in [0.15, 0.2) is 466 Å². The van der Waals surface area contributed by atoms with Crippen LogP contribution >= 0.6 is 0 Å². The summed E-state index contributed by atoms with van der Waals surface area (Å²) in [7, 11) is 0. The fourth-order valence-corrected chi connectivity index (χ4v) is 20.0. The smallest absolute Gasteiger partial charge is 0.163 e. The van der Waals surface area contributed by atoms with E-state index in [0.717, 1.165) is 180 Å². The molecule has 0 saturated carbocycles. The van der Waals surface area contributed by atoms with Crippen LogP contribution in [-0.4, -0.2) is 73.9 Å². The Balaban J connectivity index is 0.0000000900. The van der Waals surface area contributed by atoms with Crippen molar-refractivity contribution in [3.63, 3.8) is 0 Å². The molecule has 12 aromatic carbocycles. The van der Waals surface area contributed by atoms with Crippen molar-refractivity contribution >= 4 is 176 Å². The van der Waals surface area contributed by atoms with Gasteiger partial charge in [0.15, 0.2) is 11.6 Å². The van der Waals surface area contributed by atoms with E-state index in [4.69, 9.17) is 37.0 Å². The molecule has 0 bridgehead atoms. The lowest BCUT2D eigenvalue weighted by Crippen LogP contribution is -2.00. The highest BCUT2D eigenvalue weighted by Crippen LogP contribution is 2.45. The Kier molecular flexibility index (Phi) is 20.1. The zero-order valence-electron chi connectivity index (χ0n) is 74.8. The molecule has 0 fully saturated rings. The number of aliphatic imine (C=N–C) groups is 1. The summed E-state index contributed by atoms with van der Waals surface area (Å²) in [4.78, 5) is 45.5. The van der Waals surface area contributed by atoms with Gasteiger partial charge in [0.2, 0.25) is 0 Å². The predicted molar refractivity (Wildman–Crippen MR) is 560 cm³/mol. The maximum Gasteiger partial charge on any atom is 0.163 e. The van der Waals surface area contributed by atoms with Crippen molar-refractivity contribution < 1.29 is 22.1 Å². The molecule has 0 atom stereocenters. The Morgan fingerprint density at radius 1 is 0.229 bits per heavy atom. The summed E-state index contributed by atoms with van der Waals surface area (Å²) in [5, 5.41) is 17.5. The molecular formula is C120H77N15O5. The van der Waals surface area contributed by atoms with Crippen LogP contribution in [0, 0.1) is 0 Å². The van der Waals surface area contributed by atoms with Crippen LogP contribution in [0.1, 0.15) is 18.4 Å². The number of pyridine rings is 5.